The van der Waals surface area contributed by atoms with Gasteiger partial charge in [0.15, 0.2) is 0 Å². The van der Waals surface area contributed by atoms with Gasteiger partial charge in [-0.15, -0.1) is 0 Å². The average molecular weight is 275 g/mol. The third-order valence-electron chi connectivity index (χ3n) is 3.76. The second-order valence-corrected chi connectivity index (χ2v) is 5.85. The van der Waals surface area contributed by atoms with Crippen LogP contribution in [0.3, 0.4) is 0 Å². The Morgan fingerprint density at radius 2 is 2.10 bits per heavy atom. The van der Waals surface area contributed by atoms with Crippen LogP contribution in [0.25, 0.3) is 0 Å². The maximum Gasteiger partial charge on any atom is 0.221 e. The highest BCUT2D eigenvalue weighted by atomic mass is 16.1. The molecular weight excluding hydrogens is 250 g/mol. The second kappa shape index (κ2) is 6.35. The van der Waals surface area contributed by atoms with Gasteiger partial charge >= 0.3 is 0 Å². The molecule has 0 aliphatic heterocycles. The molecule has 0 radical (unpaired) electrons. The summed E-state index contributed by atoms with van der Waals surface area (Å²) in [6.07, 6.45) is 2.82. The molecule has 20 heavy (non-hydrogen) atoms. The van der Waals surface area contributed by atoms with Crippen LogP contribution in [0.5, 0.6) is 0 Å². The van der Waals surface area contributed by atoms with Gasteiger partial charge in [-0.1, -0.05) is 0 Å². The fourth-order valence-corrected chi connectivity index (χ4v) is 2.72. The topological polar surface area (TPSA) is 54.0 Å². The van der Waals surface area contributed by atoms with Crippen LogP contribution in [0.4, 0.5) is 0 Å². The van der Waals surface area contributed by atoms with Gasteiger partial charge in [0.25, 0.3) is 0 Å². The third kappa shape index (κ3) is 4.04. The molecule has 1 aromatic heterocycles. The summed E-state index contributed by atoms with van der Waals surface area (Å²) >= 11 is 0. The standard InChI is InChI=1S/C16H25N3O/c1-10-9-11(2)18-13(4)16(10)12(3)17-8-7-15(20)19-14-5-6-14/h9,12,14,17H,5-8H2,1-4H3,(H,19,20). The molecule has 1 saturated carbocycles. The SMILES string of the molecule is Cc1cc(C)c(C(C)NCCC(=O)NC2CC2)c(C)n1. The van der Waals surface area contributed by atoms with E-state index in [1.165, 1.54) is 11.1 Å². The average Bonchev–Trinajstić information content (AvgIpc) is 3.11. The summed E-state index contributed by atoms with van der Waals surface area (Å²) in [6.45, 7) is 9.02. The molecule has 1 aromatic rings. The van der Waals surface area contributed by atoms with Crippen molar-refractivity contribution < 1.29 is 4.79 Å². The normalized spacial score (nSPS) is 16.0. The zero-order valence-electron chi connectivity index (χ0n) is 12.9. The summed E-state index contributed by atoms with van der Waals surface area (Å²) in [4.78, 5) is 16.2. The Morgan fingerprint density at radius 3 is 2.70 bits per heavy atom. The molecule has 1 heterocycles. The van der Waals surface area contributed by atoms with Crippen LogP contribution >= 0.6 is 0 Å². The number of hydrogen-bond acceptors (Lipinski definition) is 3. The summed E-state index contributed by atoms with van der Waals surface area (Å²) in [5.41, 5.74) is 4.64. The van der Waals surface area contributed by atoms with E-state index in [1.807, 2.05) is 13.8 Å². The molecule has 110 valence electrons. The number of carbonyl (C=O) groups excluding carboxylic acids is 1. The maximum absolute atomic E-state index is 11.6. The zero-order valence-corrected chi connectivity index (χ0v) is 12.9. The van der Waals surface area contributed by atoms with E-state index in [0.717, 1.165) is 24.2 Å². The van der Waals surface area contributed by atoms with E-state index in [2.05, 4.69) is 35.5 Å². The lowest BCUT2D eigenvalue weighted by atomic mass is 10.0. The minimum atomic E-state index is 0.155. The Balaban J connectivity index is 1.85. The number of carbonyl (C=O) groups is 1. The van der Waals surface area contributed by atoms with E-state index in [0.29, 0.717) is 19.0 Å². The molecule has 4 heteroatoms. The first-order chi connectivity index (χ1) is 9.47. The van der Waals surface area contributed by atoms with Gasteiger partial charge in [-0.05, 0) is 57.7 Å². The molecule has 1 atom stereocenters. The highest BCUT2D eigenvalue weighted by Crippen LogP contribution is 2.21. The number of amides is 1. The molecule has 1 fully saturated rings. The van der Waals surface area contributed by atoms with Crippen molar-refractivity contribution in [1.82, 2.24) is 15.6 Å². The fourth-order valence-electron chi connectivity index (χ4n) is 2.72. The van der Waals surface area contributed by atoms with Crippen LogP contribution in [-0.2, 0) is 4.79 Å². The number of aromatic nitrogens is 1. The van der Waals surface area contributed by atoms with Crippen LogP contribution in [0.15, 0.2) is 6.07 Å². The van der Waals surface area contributed by atoms with Gasteiger partial charge < -0.3 is 10.6 Å². The Kier molecular flexibility index (Phi) is 4.76. The number of pyridine rings is 1. The minimum Gasteiger partial charge on any atom is -0.353 e. The lowest BCUT2D eigenvalue weighted by Gasteiger charge is -2.19. The van der Waals surface area contributed by atoms with E-state index in [9.17, 15) is 4.79 Å². The largest absolute Gasteiger partial charge is 0.353 e. The van der Waals surface area contributed by atoms with E-state index >= 15 is 0 Å². The van der Waals surface area contributed by atoms with Gasteiger partial charge in [-0.3, -0.25) is 9.78 Å². The molecule has 0 spiro atoms. The van der Waals surface area contributed by atoms with Gasteiger partial charge in [0, 0.05) is 36.4 Å². The van der Waals surface area contributed by atoms with Crippen LogP contribution < -0.4 is 10.6 Å². The van der Waals surface area contributed by atoms with E-state index in [4.69, 9.17) is 0 Å². The number of nitrogens with zero attached hydrogens (tertiary/aromatic N) is 1. The highest BCUT2D eigenvalue weighted by molar-refractivity contribution is 5.76. The number of nitrogens with one attached hydrogen (secondary N) is 2. The number of rotatable bonds is 6. The van der Waals surface area contributed by atoms with Crippen molar-refractivity contribution in [3.63, 3.8) is 0 Å². The molecule has 2 N–H and O–H groups in total. The molecule has 4 nitrogen and oxygen atoms in total. The number of hydrogen-bond donors (Lipinski definition) is 2. The first kappa shape index (κ1) is 15.0. The van der Waals surface area contributed by atoms with Gasteiger partial charge in [0.05, 0.1) is 0 Å². The molecule has 0 saturated heterocycles. The zero-order chi connectivity index (χ0) is 14.7. The fraction of sp³-hybridized carbons (Fsp3) is 0.625. The van der Waals surface area contributed by atoms with Crippen molar-refractivity contribution in [3.8, 4) is 0 Å². The lowest BCUT2D eigenvalue weighted by Crippen LogP contribution is -2.30. The van der Waals surface area contributed by atoms with Crippen molar-refractivity contribution in [2.75, 3.05) is 6.54 Å². The first-order valence-corrected chi connectivity index (χ1v) is 7.45. The molecule has 0 bridgehead atoms. The monoisotopic (exact) mass is 275 g/mol. The molecule has 2 rings (SSSR count). The summed E-state index contributed by atoms with van der Waals surface area (Å²) in [5, 5.41) is 6.43. The molecular formula is C16H25N3O. The van der Waals surface area contributed by atoms with Crippen molar-refractivity contribution in [2.45, 2.75) is 59.0 Å². The van der Waals surface area contributed by atoms with Crippen molar-refractivity contribution in [1.29, 1.82) is 0 Å². The highest BCUT2D eigenvalue weighted by Gasteiger charge is 2.22. The van der Waals surface area contributed by atoms with Crippen LogP contribution in [0, 0.1) is 20.8 Å². The van der Waals surface area contributed by atoms with Gasteiger partial charge in [-0.2, -0.15) is 0 Å². The molecule has 1 aliphatic carbocycles. The quantitative estimate of drug-likeness (QED) is 0.838. The summed E-state index contributed by atoms with van der Waals surface area (Å²) in [5.74, 6) is 0.155. The van der Waals surface area contributed by atoms with Crippen molar-refractivity contribution >= 4 is 5.91 Å². The summed E-state index contributed by atoms with van der Waals surface area (Å²) < 4.78 is 0. The summed E-state index contributed by atoms with van der Waals surface area (Å²) in [6, 6.07) is 2.78. The molecule has 0 aromatic carbocycles. The molecule has 1 unspecified atom stereocenters. The predicted octanol–water partition coefficient (Wildman–Crippen LogP) is 2.33. The Bertz CT molecular complexity index is 471. The smallest absolute Gasteiger partial charge is 0.221 e. The van der Waals surface area contributed by atoms with E-state index in [-0.39, 0.29) is 11.9 Å². The molecule has 1 aliphatic rings. The van der Waals surface area contributed by atoms with Crippen molar-refractivity contribution in [3.05, 3.63) is 28.6 Å². The van der Waals surface area contributed by atoms with Crippen LogP contribution in [0.2, 0.25) is 0 Å². The lowest BCUT2D eigenvalue weighted by molar-refractivity contribution is -0.121. The predicted molar refractivity (Wildman–Crippen MR) is 80.6 cm³/mol. The Labute approximate surface area is 121 Å². The van der Waals surface area contributed by atoms with Gasteiger partial charge in [0.1, 0.15) is 0 Å². The molecule has 1 amide bonds. The van der Waals surface area contributed by atoms with Crippen LogP contribution in [0.1, 0.15) is 54.7 Å². The second-order valence-electron chi connectivity index (χ2n) is 5.85. The Hall–Kier alpha value is -1.42. The Morgan fingerprint density at radius 1 is 1.40 bits per heavy atom. The summed E-state index contributed by atoms with van der Waals surface area (Å²) in [7, 11) is 0. The van der Waals surface area contributed by atoms with Crippen LogP contribution in [-0.4, -0.2) is 23.5 Å². The van der Waals surface area contributed by atoms with Crippen molar-refractivity contribution in [2.24, 2.45) is 0 Å². The minimum absolute atomic E-state index is 0.155. The third-order valence-corrected chi connectivity index (χ3v) is 3.76. The van der Waals surface area contributed by atoms with E-state index in [1.54, 1.807) is 0 Å². The maximum atomic E-state index is 11.6. The van der Waals surface area contributed by atoms with E-state index < -0.39 is 0 Å². The number of aryl methyl sites for hydroxylation is 3. The van der Waals surface area contributed by atoms with Gasteiger partial charge in [-0.25, -0.2) is 0 Å². The van der Waals surface area contributed by atoms with Gasteiger partial charge in [0.2, 0.25) is 5.91 Å². The first-order valence-electron chi connectivity index (χ1n) is 7.45.